The third-order valence-corrected chi connectivity index (χ3v) is 2.07. The van der Waals surface area contributed by atoms with Crippen molar-refractivity contribution in [3.63, 3.8) is 0 Å². The number of hydrogen-bond donors (Lipinski definition) is 1. The molecular weight excluding hydrogens is 164 g/mol. The molecule has 0 saturated carbocycles. The van der Waals surface area contributed by atoms with Gasteiger partial charge < -0.3 is 9.88 Å². The third kappa shape index (κ3) is 1.18. The predicted octanol–water partition coefficient (Wildman–Crippen LogP) is 1.45. The minimum absolute atomic E-state index is 0.712. The van der Waals surface area contributed by atoms with Crippen molar-refractivity contribution in [2.24, 2.45) is 0 Å². The van der Waals surface area contributed by atoms with Crippen LogP contribution in [0.2, 0.25) is 0 Å². The van der Waals surface area contributed by atoms with E-state index in [1.165, 1.54) is 0 Å². The highest BCUT2D eigenvalue weighted by atomic mass is 16.1. The molecule has 0 amide bonds. The van der Waals surface area contributed by atoms with Gasteiger partial charge in [0.15, 0.2) is 0 Å². The number of aldehydes is 1. The Morgan fingerprint density at radius 3 is 3.23 bits per heavy atom. The Morgan fingerprint density at radius 1 is 1.62 bits per heavy atom. The van der Waals surface area contributed by atoms with Gasteiger partial charge in [-0.3, -0.25) is 4.79 Å². The molecule has 66 valence electrons. The average molecular weight is 174 g/mol. The monoisotopic (exact) mass is 174 g/mol. The van der Waals surface area contributed by atoms with Crippen LogP contribution in [0.4, 0.5) is 0 Å². The van der Waals surface area contributed by atoms with Crippen LogP contribution in [0, 0.1) is 0 Å². The molecule has 0 bridgehead atoms. The zero-order chi connectivity index (χ0) is 9.26. The van der Waals surface area contributed by atoms with Crippen LogP contribution in [-0.4, -0.2) is 10.9 Å². The van der Waals surface area contributed by atoms with Crippen molar-refractivity contribution in [1.82, 2.24) is 9.88 Å². The van der Waals surface area contributed by atoms with Gasteiger partial charge in [0.25, 0.3) is 0 Å². The molecule has 3 nitrogen and oxygen atoms in total. The van der Waals surface area contributed by atoms with Crippen LogP contribution in [0.3, 0.4) is 0 Å². The number of hydrogen-bond acceptors (Lipinski definition) is 2. The van der Waals surface area contributed by atoms with Crippen molar-refractivity contribution in [3.8, 4) is 0 Å². The molecule has 1 aliphatic rings. The van der Waals surface area contributed by atoms with Crippen molar-refractivity contribution in [1.29, 1.82) is 0 Å². The summed E-state index contributed by atoms with van der Waals surface area (Å²) in [4.78, 5) is 10.6. The molecule has 1 aromatic heterocycles. The second-order valence-corrected chi connectivity index (χ2v) is 2.94. The van der Waals surface area contributed by atoms with Crippen LogP contribution in [0.15, 0.2) is 30.1 Å². The minimum atomic E-state index is 0.712. The Balaban J connectivity index is 2.58. The molecule has 1 N–H and O–H groups in total. The van der Waals surface area contributed by atoms with Gasteiger partial charge in [-0.2, -0.15) is 0 Å². The summed E-state index contributed by atoms with van der Waals surface area (Å²) in [5.41, 5.74) is 2.61. The molecule has 3 heteroatoms. The van der Waals surface area contributed by atoms with Crippen molar-refractivity contribution < 1.29 is 4.79 Å². The van der Waals surface area contributed by atoms with Crippen LogP contribution in [0.25, 0.3) is 11.9 Å². The maximum absolute atomic E-state index is 10.6. The maximum Gasteiger partial charge on any atom is 0.147 e. The van der Waals surface area contributed by atoms with Crippen LogP contribution in [-0.2, 0) is 4.79 Å². The minimum Gasteiger partial charge on any atom is -0.358 e. The lowest BCUT2D eigenvalue weighted by molar-refractivity contribution is -0.104. The fourth-order valence-corrected chi connectivity index (χ4v) is 1.39. The molecule has 13 heavy (non-hydrogen) atoms. The van der Waals surface area contributed by atoms with Gasteiger partial charge in [0.05, 0.1) is 11.4 Å². The number of allylic oxidation sites excluding steroid dienone is 1. The Morgan fingerprint density at radius 2 is 2.46 bits per heavy atom. The summed E-state index contributed by atoms with van der Waals surface area (Å²) in [5.74, 6) is 0. The van der Waals surface area contributed by atoms with Gasteiger partial charge in [-0.25, -0.2) is 0 Å². The molecule has 2 rings (SSSR count). The number of carbonyl (C=O) groups is 1. The van der Waals surface area contributed by atoms with Gasteiger partial charge >= 0.3 is 0 Å². The normalized spacial score (nSPS) is 17.6. The Kier molecular flexibility index (Phi) is 1.77. The van der Waals surface area contributed by atoms with Crippen LogP contribution >= 0.6 is 0 Å². The van der Waals surface area contributed by atoms with Crippen molar-refractivity contribution in [2.75, 3.05) is 0 Å². The highest BCUT2D eigenvalue weighted by Crippen LogP contribution is 2.19. The molecule has 2 heterocycles. The molecule has 0 atom stereocenters. The fraction of sp³-hybridized carbons (Fsp3) is 0.100. The van der Waals surface area contributed by atoms with Crippen LogP contribution < -0.4 is 5.32 Å². The van der Waals surface area contributed by atoms with E-state index in [2.05, 4.69) is 5.32 Å². The molecule has 1 aliphatic heterocycles. The SMILES string of the molecule is C/C(C=O)=C1/NC=Cn2cccc21. The zero-order valence-electron chi connectivity index (χ0n) is 7.32. The number of nitrogens with one attached hydrogen (secondary N) is 1. The summed E-state index contributed by atoms with van der Waals surface area (Å²) in [6, 6.07) is 3.92. The first-order chi connectivity index (χ1) is 6.33. The Labute approximate surface area is 76.4 Å². The van der Waals surface area contributed by atoms with Gasteiger partial charge in [-0.05, 0) is 19.1 Å². The smallest absolute Gasteiger partial charge is 0.147 e. The lowest BCUT2D eigenvalue weighted by Crippen LogP contribution is -2.14. The summed E-state index contributed by atoms with van der Waals surface area (Å²) in [7, 11) is 0. The topological polar surface area (TPSA) is 34.0 Å². The predicted molar refractivity (Wildman–Crippen MR) is 51.6 cm³/mol. The summed E-state index contributed by atoms with van der Waals surface area (Å²) < 4.78 is 1.97. The third-order valence-electron chi connectivity index (χ3n) is 2.07. The molecule has 0 saturated heterocycles. The second kappa shape index (κ2) is 2.94. The van der Waals surface area contributed by atoms with E-state index in [1.54, 1.807) is 6.92 Å². The molecule has 0 aromatic carbocycles. The molecule has 0 aliphatic carbocycles. The average Bonchev–Trinajstić information content (AvgIpc) is 2.63. The van der Waals surface area contributed by atoms with Gasteiger partial charge in [0.2, 0.25) is 0 Å². The number of fused-ring (bicyclic) bond motifs is 1. The van der Waals surface area contributed by atoms with Gasteiger partial charge in [0, 0.05) is 24.2 Å². The van der Waals surface area contributed by atoms with E-state index in [0.29, 0.717) is 5.57 Å². The molecule has 0 fully saturated rings. The van der Waals surface area contributed by atoms with Gasteiger partial charge in [0.1, 0.15) is 6.29 Å². The van der Waals surface area contributed by atoms with Gasteiger partial charge in [-0.1, -0.05) is 0 Å². The number of nitrogens with zero attached hydrogens (tertiary/aromatic N) is 1. The second-order valence-electron chi connectivity index (χ2n) is 2.94. The van der Waals surface area contributed by atoms with E-state index >= 15 is 0 Å². The van der Waals surface area contributed by atoms with E-state index in [1.807, 2.05) is 35.3 Å². The maximum atomic E-state index is 10.6. The summed E-state index contributed by atoms with van der Waals surface area (Å²) in [5, 5.41) is 3.06. The van der Waals surface area contributed by atoms with Crippen molar-refractivity contribution in [2.45, 2.75) is 6.92 Å². The van der Waals surface area contributed by atoms with Crippen LogP contribution in [0.5, 0.6) is 0 Å². The lowest BCUT2D eigenvalue weighted by Gasteiger charge is -2.15. The Bertz CT molecular complexity index is 399. The number of rotatable bonds is 1. The van der Waals surface area contributed by atoms with E-state index in [-0.39, 0.29) is 0 Å². The highest BCUT2D eigenvalue weighted by molar-refractivity contribution is 5.87. The van der Waals surface area contributed by atoms with Gasteiger partial charge in [-0.15, -0.1) is 0 Å². The largest absolute Gasteiger partial charge is 0.358 e. The summed E-state index contributed by atoms with van der Waals surface area (Å²) in [6.07, 6.45) is 6.54. The first-order valence-corrected chi connectivity index (χ1v) is 4.09. The highest BCUT2D eigenvalue weighted by Gasteiger charge is 2.10. The van der Waals surface area contributed by atoms with Crippen LogP contribution in [0.1, 0.15) is 12.6 Å². The molecule has 0 unspecified atom stereocenters. The first kappa shape index (κ1) is 7.86. The fourth-order valence-electron chi connectivity index (χ4n) is 1.39. The Hall–Kier alpha value is -1.77. The summed E-state index contributed by atoms with van der Waals surface area (Å²) in [6.45, 7) is 1.80. The zero-order valence-corrected chi connectivity index (χ0v) is 7.32. The standard InChI is InChI=1S/C10H10N2O/c1-8(7-13)10-9-3-2-5-12(9)6-4-11-10/h2-7,11H,1H3/b10-8-. The van der Waals surface area contributed by atoms with Crippen molar-refractivity contribution >= 4 is 18.2 Å². The number of aromatic nitrogens is 1. The number of carbonyl (C=O) groups excluding carboxylic acids is 1. The molecule has 1 aromatic rings. The molecular formula is C10H10N2O. The van der Waals surface area contributed by atoms with E-state index < -0.39 is 0 Å². The van der Waals surface area contributed by atoms with Crippen molar-refractivity contribution in [3.05, 3.63) is 35.8 Å². The first-order valence-electron chi connectivity index (χ1n) is 4.09. The van der Waals surface area contributed by atoms with E-state index in [0.717, 1.165) is 17.7 Å². The van der Waals surface area contributed by atoms with E-state index in [4.69, 9.17) is 0 Å². The quantitative estimate of drug-likeness (QED) is 0.516. The molecule has 0 radical (unpaired) electrons. The summed E-state index contributed by atoms with van der Waals surface area (Å²) >= 11 is 0. The molecule has 0 spiro atoms. The van der Waals surface area contributed by atoms with E-state index in [9.17, 15) is 4.79 Å². The lowest BCUT2D eigenvalue weighted by atomic mass is 10.2.